The van der Waals surface area contributed by atoms with Crippen LogP contribution < -0.4 is 4.74 Å². The van der Waals surface area contributed by atoms with Crippen molar-refractivity contribution >= 4 is 10.8 Å². The molecule has 0 aliphatic heterocycles. The lowest BCUT2D eigenvalue weighted by Gasteiger charge is -2.14. The van der Waals surface area contributed by atoms with Crippen molar-refractivity contribution in [3.8, 4) is 5.75 Å². The second kappa shape index (κ2) is 6.55. The van der Waals surface area contributed by atoms with Crippen molar-refractivity contribution in [1.82, 2.24) is 4.90 Å². The highest BCUT2D eigenvalue weighted by atomic mass is 16.5. The van der Waals surface area contributed by atoms with E-state index >= 15 is 0 Å². The molecular formula is C16H21NO2. The number of ether oxygens (including phenoxy) is 1. The molecule has 0 unspecified atom stereocenters. The van der Waals surface area contributed by atoms with E-state index in [1.165, 1.54) is 0 Å². The zero-order valence-electron chi connectivity index (χ0n) is 11.6. The maximum atomic E-state index is 9.57. The van der Waals surface area contributed by atoms with Gasteiger partial charge in [0.2, 0.25) is 0 Å². The Morgan fingerprint density at radius 1 is 1.11 bits per heavy atom. The average Bonchev–Trinajstić information content (AvgIpc) is 2.42. The van der Waals surface area contributed by atoms with E-state index in [0.717, 1.165) is 35.1 Å². The van der Waals surface area contributed by atoms with E-state index in [4.69, 9.17) is 4.74 Å². The molecule has 2 aromatic carbocycles. The standard InChI is InChI=1S/C16H21NO2/c1-17(2)10-5-11-19-16-9-8-13-6-3-4-7-14(13)15(16)12-18/h3-4,6-9,18H,5,10-12H2,1-2H3. The monoisotopic (exact) mass is 259 g/mol. The van der Waals surface area contributed by atoms with Gasteiger partial charge in [0.05, 0.1) is 13.2 Å². The minimum absolute atomic E-state index is 0.00433. The molecule has 3 heteroatoms. The first-order valence-corrected chi connectivity index (χ1v) is 6.61. The Morgan fingerprint density at radius 2 is 1.89 bits per heavy atom. The van der Waals surface area contributed by atoms with Gasteiger partial charge < -0.3 is 14.7 Å². The number of aliphatic hydroxyl groups is 1. The SMILES string of the molecule is CN(C)CCCOc1ccc2ccccc2c1CO. The Hall–Kier alpha value is -1.58. The number of hydrogen-bond acceptors (Lipinski definition) is 3. The van der Waals surface area contributed by atoms with Crippen LogP contribution in [-0.2, 0) is 6.61 Å². The second-order valence-corrected chi connectivity index (χ2v) is 4.93. The van der Waals surface area contributed by atoms with Crippen molar-refractivity contribution in [2.45, 2.75) is 13.0 Å². The Bertz CT molecular complexity index is 537. The van der Waals surface area contributed by atoms with E-state index in [0.29, 0.717) is 6.61 Å². The molecule has 0 aliphatic rings. The average molecular weight is 259 g/mol. The van der Waals surface area contributed by atoms with E-state index in [1.807, 2.05) is 36.4 Å². The fourth-order valence-electron chi connectivity index (χ4n) is 2.18. The fraction of sp³-hybridized carbons (Fsp3) is 0.375. The summed E-state index contributed by atoms with van der Waals surface area (Å²) in [5.74, 6) is 0.792. The molecule has 2 aromatic rings. The largest absolute Gasteiger partial charge is 0.493 e. The van der Waals surface area contributed by atoms with Gasteiger partial charge in [0.25, 0.3) is 0 Å². The van der Waals surface area contributed by atoms with Crippen molar-refractivity contribution in [3.63, 3.8) is 0 Å². The summed E-state index contributed by atoms with van der Waals surface area (Å²) < 4.78 is 5.80. The van der Waals surface area contributed by atoms with Crippen molar-refractivity contribution in [2.75, 3.05) is 27.2 Å². The number of aliphatic hydroxyl groups excluding tert-OH is 1. The molecule has 0 saturated carbocycles. The van der Waals surface area contributed by atoms with E-state index in [1.54, 1.807) is 0 Å². The third-order valence-electron chi connectivity index (χ3n) is 3.16. The zero-order chi connectivity index (χ0) is 13.7. The molecule has 0 radical (unpaired) electrons. The number of rotatable bonds is 6. The van der Waals surface area contributed by atoms with E-state index in [2.05, 4.69) is 19.0 Å². The van der Waals surface area contributed by atoms with Crippen LogP contribution in [0.4, 0.5) is 0 Å². The molecule has 0 aromatic heterocycles. The molecule has 0 atom stereocenters. The van der Waals surface area contributed by atoms with Gasteiger partial charge in [0.1, 0.15) is 5.75 Å². The van der Waals surface area contributed by atoms with Crippen LogP contribution in [0.25, 0.3) is 10.8 Å². The third kappa shape index (κ3) is 3.46. The number of fused-ring (bicyclic) bond motifs is 1. The first kappa shape index (κ1) is 13.8. The van der Waals surface area contributed by atoms with Crippen LogP contribution in [0.2, 0.25) is 0 Å². The van der Waals surface area contributed by atoms with E-state index < -0.39 is 0 Å². The van der Waals surface area contributed by atoms with Crippen LogP contribution in [0.15, 0.2) is 36.4 Å². The summed E-state index contributed by atoms with van der Waals surface area (Å²) in [6.07, 6.45) is 0.977. The summed E-state index contributed by atoms with van der Waals surface area (Å²) in [7, 11) is 4.10. The van der Waals surface area contributed by atoms with Gasteiger partial charge in [-0.1, -0.05) is 30.3 Å². The van der Waals surface area contributed by atoms with Gasteiger partial charge >= 0.3 is 0 Å². The molecule has 0 heterocycles. The lowest BCUT2D eigenvalue weighted by molar-refractivity contribution is 0.255. The van der Waals surface area contributed by atoms with Crippen LogP contribution in [0.5, 0.6) is 5.75 Å². The van der Waals surface area contributed by atoms with Gasteiger partial charge in [-0.05, 0) is 37.4 Å². The van der Waals surface area contributed by atoms with Gasteiger partial charge in [-0.2, -0.15) is 0 Å². The highest BCUT2D eigenvalue weighted by Gasteiger charge is 2.07. The summed E-state index contributed by atoms with van der Waals surface area (Å²) in [4.78, 5) is 2.14. The molecule has 102 valence electrons. The quantitative estimate of drug-likeness (QED) is 0.810. The molecule has 0 aliphatic carbocycles. The van der Waals surface area contributed by atoms with Crippen molar-refractivity contribution < 1.29 is 9.84 Å². The normalized spacial score (nSPS) is 11.2. The molecular weight excluding hydrogens is 238 g/mol. The number of benzene rings is 2. The summed E-state index contributed by atoms with van der Waals surface area (Å²) in [6.45, 7) is 1.68. The van der Waals surface area contributed by atoms with E-state index in [-0.39, 0.29) is 6.61 Å². The highest BCUT2D eigenvalue weighted by molar-refractivity contribution is 5.87. The molecule has 2 rings (SSSR count). The molecule has 0 bridgehead atoms. The Morgan fingerprint density at radius 3 is 2.63 bits per heavy atom. The number of nitrogens with zero attached hydrogens (tertiary/aromatic N) is 1. The van der Waals surface area contributed by atoms with Crippen molar-refractivity contribution in [3.05, 3.63) is 42.0 Å². The molecule has 0 fully saturated rings. The zero-order valence-corrected chi connectivity index (χ0v) is 11.6. The Labute approximate surface area is 114 Å². The molecule has 1 N–H and O–H groups in total. The lowest BCUT2D eigenvalue weighted by atomic mass is 10.0. The predicted octanol–water partition coefficient (Wildman–Crippen LogP) is 2.66. The van der Waals surface area contributed by atoms with Gasteiger partial charge in [-0.3, -0.25) is 0 Å². The minimum atomic E-state index is 0.00433. The number of hydrogen-bond donors (Lipinski definition) is 1. The van der Waals surface area contributed by atoms with Crippen molar-refractivity contribution in [1.29, 1.82) is 0 Å². The summed E-state index contributed by atoms with van der Waals surface area (Å²) in [5, 5.41) is 11.8. The minimum Gasteiger partial charge on any atom is -0.493 e. The maximum Gasteiger partial charge on any atom is 0.125 e. The molecule has 3 nitrogen and oxygen atoms in total. The summed E-state index contributed by atoms with van der Waals surface area (Å²) in [5.41, 5.74) is 0.878. The van der Waals surface area contributed by atoms with Crippen LogP contribution >= 0.6 is 0 Å². The fourth-order valence-corrected chi connectivity index (χ4v) is 2.18. The third-order valence-corrected chi connectivity index (χ3v) is 3.16. The molecule has 0 amide bonds. The van der Waals surface area contributed by atoms with Gasteiger partial charge in [0.15, 0.2) is 0 Å². The first-order chi connectivity index (χ1) is 9.22. The molecule has 19 heavy (non-hydrogen) atoms. The lowest BCUT2D eigenvalue weighted by Crippen LogP contribution is -2.15. The smallest absolute Gasteiger partial charge is 0.125 e. The summed E-state index contributed by atoms with van der Waals surface area (Å²) >= 11 is 0. The summed E-state index contributed by atoms with van der Waals surface area (Å²) in [6, 6.07) is 12.0. The predicted molar refractivity (Wildman–Crippen MR) is 78.5 cm³/mol. The first-order valence-electron chi connectivity index (χ1n) is 6.61. The van der Waals surface area contributed by atoms with Crippen LogP contribution in [0, 0.1) is 0 Å². The molecule has 0 spiro atoms. The van der Waals surface area contributed by atoms with Crippen LogP contribution in [-0.4, -0.2) is 37.3 Å². The second-order valence-electron chi connectivity index (χ2n) is 4.93. The van der Waals surface area contributed by atoms with E-state index in [9.17, 15) is 5.11 Å². The highest BCUT2D eigenvalue weighted by Crippen LogP contribution is 2.28. The Balaban J connectivity index is 2.14. The van der Waals surface area contributed by atoms with Gasteiger partial charge in [-0.25, -0.2) is 0 Å². The van der Waals surface area contributed by atoms with Gasteiger partial charge in [0, 0.05) is 12.1 Å². The van der Waals surface area contributed by atoms with Gasteiger partial charge in [-0.15, -0.1) is 0 Å². The maximum absolute atomic E-state index is 9.57. The topological polar surface area (TPSA) is 32.7 Å². The Kier molecular flexibility index (Phi) is 4.77. The van der Waals surface area contributed by atoms with Crippen LogP contribution in [0.1, 0.15) is 12.0 Å². The van der Waals surface area contributed by atoms with Crippen LogP contribution in [0.3, 0.4) is 0 Å². The molecule has 0 saturated heterocycles. The van der Waals surface area contributed by atoms with Crippen molar-refractivity contribution in [2.24, 2.45) is 0 Å².